The van der Waals surface area contributed by atoms with Crippen LogP contribution in [0.4, 0.5) is 16.3 Å². The molecule has 3 amide bonds. The zero-order valence-electron chi connectivity index (χ0n) is 26.2. The summed E-state index contributed by atoms with van der Waals surface area (Å²) in [5, 5.41) is 0.496. The molecule has 5 rings (SSSR count). The van der Waals surface area contributed by atoms with Gasteiger partial charge < -0.3 is 4.90 Å². The van der Waals surface area contributed by atoms with Gasteiger partial charge in [-0.3, -0.25) is 4.79 Å². The number of carbonyl (C=O) groups is 2. The third kappa shape index (κ3) is 8.23. The summed E-state index contributed by atoms with van der Waals surface area (Å²) in [6.07, 6.45) is 4.36. The van der Waals surface area contributed by atoms with Crippen LogP contribution in [0.5, 0.6) is 0 Å². The molecular formula is C37H34Cl2N4O4S. The van der Waals surface area contributed by atoms with Crippen molar-refractivity contribution < 1.29 is 18.0 Å². The maximum absolute atomic E-state index is 14.3. The van der Waals surface area contributed by atoms with Crippen molar-refractivity contribution in [3.63, 3.8) is 0 Å². The first-order valence-electron chi connectivity index (χ1n) is 15.4. The van der Waals surface area contributed by atoms with Crippen molar-refractivity contribution in [3.8, 4) is 11.1 Å². The van der Waals surface area contributed by atoms with Crippen LogP contribution in [0.1, 0.15) is 42.1 Å². The van der Waals surface area contributed by atoms with E-state index in [2.05, 4.69) is 16.6 Å². The van der Waals surface area contributed by atoms with Gasteiger partial charge in [0, 0.05) is 24.8 Å². The zero-order chi connectivity index (χ0) is 34.1. The number of nitrogens with one attached hydrogen (secondary N) is 1. The van der Waals surface area contributed by atoms with E-state index in [0.717, 1.165) is 24.8 Å². The van der Waals surface area contributed by atoms with E-state index in [9.17, 15) is 18.0 Å². The Labute approximate surface area is 291 Å². The number of amides is 3. The van der Waals surface area contributed by atoms with Crippen LogP contribution in [0.25, 0.3) is 11.1 Å². The van der Waals surface area contributed by atoms with Gasteiger partial charge >= 0.3 is 6.03 Å². The number of pyridine rings is 1. The molecule has 1 heterocycles. The third-order valence-corrected chi connectivity index (χ3v) is 9.63. The van der Waals surface area contributed by atoms with E-state index in [1.54, 1.807) is 65.7 Å². The molecule has 0 aliphatic rings. The third-order valence-electron chi connectivity index (χ3n) is 7.62. The summed E-state index contributed by atoms with van der Waals surface area (Å²) in [4.78, 5) is 34.8. The molecule has 246 valence electrons. The van der Waals surface area contributed by atoms with Gasteiger partial charge in [-0.2, -0.15) is 0 Å². The van der Waals surface area contributed by atoms with E-state index in [0.29, 0.717) is 40.7 Å². The molecule has 0 radical (unpaired) electrons. The number of sulfonamides is 1. The lowest BCUT2D eigenvalue weighted by atomic mass is 10.0. The van der Waals surface area contributed by atoms with Crippen LogP contribution >= 0.6 is 23.2 Å². The Bertz CT molecular complexity index is 1990. The standard InChI is InChI=1S/C37H34Cl2N4O4S/c1-2-3-11-25-42(37(45)43(29-13-5-4-6-14-29)35-33(39)18-12-24-40-35)26-27-20-22-28(23-21-27)30-15-8-10-19-34(30)48(46,47)41-36(44)31-16-7-9-17-32(31)38/h4-10,12-24H,2-3,11,25-26H2,1H3,(H,41,44). The molecule has 1 N–H and O–H groups in total. The normalized spacial score (nSPS) is 11.1. The van der Waals surface area contributed by atoms with Gasteiger partial charge in [0.2, 0.25) is 0 Å². The van der Waals surface area contributed by atoms with Crippen LogP contribution in [0.15, 0.2) is 126 Å². The van der Waals surface area contributed by atoms with Gasteiger partial charge in [-0.1, -0.05) is 116 Å². The first-order valence-corrected chi connectivity index (χ1v) is 17.7. The van der Waals surface area contributed by atoms with Crippen LogP contribution in [-0.2, 0) is 16.6 Å². The fourth-order valence-electron chi connectivity index (χ4n) is 5.21. The maximum Gasteiger partial charge on any atom is 0.330 e. The highest BCUT2D eigenvalue weighted by molar-refractivity contribution is 7.90. The van der Waals surface area contributed by atoms with Crippen LogP contribution in [-0.4, -0.2) is 36.8 Å². The minimum Gasteiger partial charge on any atom is -0.320 e. The van der Waals surface area contributed by atoms with Crippen LogP contribution in [0.2, 0.25) is 10.0 Å². The Morgan fingerprint density at radius 3 is 2.15 bits per heavy atom. The molecule has 11 heteroatoms. The van der Waals surface area contributed by atoms with Gasteiger partial charge in [0.15, 0.2) is 5.82 Å². The lowest BCUT2D eigenvalue weighted by Crippen LogP contribution is -2.41. The van der Waals surface area contributed by atoms with E-state index in [4.69, 9.17) is 23.2 Å². The number of hydrogen-bond acceptors (Lipinski definition) is 5. The second-order valence-electron chi connectivity index (χ2n) is 11.0. The predicted octanol–water partition coefficient (Wildman–Crippen LogP) is 9.12. The van der Waals surface area contributed by atoms with E-state index < -0.39 is 15.9 Å². The minimum absolute atomic E-state index is 0.0544. The van der Waals surface area contributed by atoms with Crippen molar-refractivity contribution in [3.05, 3.63) is 143 Å². The van der Waals surface area contributed by atoms with Crippen molar-refractivity contribution in [2.75, 3.05) is 11.4 Å². The Balaban J connectivity index is 1.42. The van der Waals surface area contributed by atoms with E-state index >= 15 is 0 Å². The molecule has 0 unspecified atom stereocenters. The SMILES string of the molecule is CCCCCN(Cc1ccc(-c2ccccc2S(=O)(=O)NC(=O)c2ccccc2Cl)cc1)C(=O)N(c1ccccc1)c1ncccc1Cl. The molecule has 5 aromatic rings. The fraction of sp³-hybridized carbons (Fsp3) is 0.162. The van der Waals surface area contributed by atoms with Gasteiger partial charge in [0.1, 0.15) is 0 Å². The van der Waals surface area contributed by atoms with Crippen molar-refractivity contribution in [1.29, 1.82) is 0 Å². The predicted molar refractivity (Wildman–Crippen MR) is 191 cm³/mol. The van der Waals surface area contributed by atoms with Crippen molar-refractivity contribution in [2.45, 2.75) is 37.6 Å². The number of nitrogens with zero attached hydrogens (tertiary/aromatic N) is 3. The average molecular weight is 702 g/mol. The molecule has 0 saturated heterocycles. The second-order valence-corrected chi connectivity index (χ2v) is 13.5. The maximum atomic E-state index is 14.3. The number of urea groups is 1. The van der Waals surface area contributed by atoms with Gasteiger partial charge in [0.25, 0.3) is 15.9 Å². The number of anilines is 2. The van der Waals surface area contributed by atoms with Gasteiger partial charge in [0.05, 0.1) is 26.2 Å². The highest BCUT2D eigenvalue weighted by atomic mass is 35.5. The number of hydrogen-bond donors (Lipinski definition) is 1. The minimum atomic E-state index is -4.26. The summed E-state index contributed by atoms with van der Waals surface area (Å²) in [6, 6.07) is 32.4. The number of halogens is 2. The largest absolute Gasteiger partial charge is 0.330 e. The highest BCUT2D eigenvalue weighted by Gasteiger charge is 2.27. The summed E-state index contributed by atoms with van der Waals surface area (Å²) in [6.45, 7) is 2.91. The number of unbranched alkanes of at least 4 members (excludes halogenated alkanes) is 2. The number of benzene rings is 4. The molecule has 48 heavy (non-hydrogen) atoms. The van der Waals surface area contributed by atoms with Crippen molar-refractivity contribution in [1.82, 2.24) is 14.6 Å². The molecule has 0 fully saturated rings. The Kier molecular flexibility index (Phi) is 11.5. The monoisotopic (exact) mass is 700 g/mol. The summed E-state index contributed by atoms with van der Waals surface area (Å²) in [5.41, 5.74) is 2.58. The first kappa shape index (κ1) is 34.6. The quantitative estimate of drug-likeness (QED) is 0.131. The van der Waals surface area contributed by atoms with E-state index in [1.807, 2.05) is 42.5 Å². The van der Waals surface area contributed by atoms with Crippen LogP contribution in [0.3, 0.4) is 0 Å². The number of para-hydroxylation sites is 1. The smallest absolute Gasteiger partial charge is 0.320 e. The molecule has 0 aliphatic heterocycles. The molecule has 0 spiro atoms. The summed E-state index contributed by atoms with van der Waals surface area (Å²) in [5.74, 6) is -0.485. The highest BCUT2D eigenvalue weighted by Crippen LogP contribution is 2.32. The summed E-state index contributed by atoms with van der Waals surface area (Å²) < 4.78 is 29.0. The molecular weight excluding hydrogens is 667 g/mol. The Morgan fingerprint density at radius 2 is 1.44 bits per heavy atom. The van der Waals surface area contributed by atoms with Gasteiger partial charge in [-0.15, -0.1) is 0 Å². The molecule has 4 aromatic carbocycles. The fourth-order valence-corrected chi connectivity index (χ4v) is 6.83. The van der Waals surface area contributed by atoms with Crippen molar-refractivity contribution in [2.24, 2.45) is 0 Å². The molecule has 8 nitrogen and oxygen atoms in total. The number of carbonyl (C=O) groups excluding carboxylic acids is 2. The van der Waals surface area contributed by atoms with Crippen LogP contribution < -0.4 is 9.62 Å². The number of rotatable bonds is 12. The summed E-state index contributed by atoms with van der Waals surface area (Å²) in [7, 11) is -4.26. The molecule has 1 aromatic heterocycles. The number of aromatic nitrogens is 1. The Morgan fingerprint density at radius 1 is 0.771 bits per heavy atom. The molecule has 0 saturated carbocycles. The zero-order valence-corrected chi connectivity index (χ0v) is 28.5. The van der Waals surface area contributed by atoms with Gasteiger partial charge in [-0.05, 0) is 60.0 Å². The van der Waals surface area contributed by atoms with Crippen molar-refractivity contribution >= 4 is 56.7 Å². The first-order chi connectivity index (χ1) is 23.2. The summed E-state index contributed by atoms with van der Waals surface area (Å²) >= 11 is 12.7. The van der Waals surface area contributed by atoms with Gasteiger partial charge in [-0.25, -0.2) is 27.8 Å². The molecule has 0 bridgehead atoms. The average Bonchev–Trinajstić information content (AvgIpc) is 3.09. The molecule has 0 aliphatic carbocycles. The topological polar surface area (TPSA) is 99.7 Å². The van der Waals surface area contributed by atoms with Crippen LogP contribution in [0, 0.1) is 0 Å². The van der Waals surface area contributed by atoms with E-state index in [-0.39, 0.29) is 21.5 Å². The second kappa shape index (κ2) is 15.9. The Hall–Kier alpha value is -4.70. The van der Waals surface area contributed by atoms with E-state index in [1.165, 1.54) is 23.1 Å². The lowest BCUT2D eigenvalue weighted by Gasteiger charge is -2.31. The lowest BCUT2D eigenvalue weighted by molar-refractivity contribution is 0.0981. The molecule has 0 atom stereocenters.